The van der Waals surface area contributed by atoms with Gasteiger partial charge in [-0.1, -0.05) is 19.9 Å². The van der Waals surface area contributed by atoms with E-state index in [4.69, 9.17) is 0 Å². The van der Waals surface area contributed by atoms with E-state index >= 15 is 0 Å². The van der Waals surface area contributed by atoms with E-state index in [1.165, 1.54) is 18.6 Å². The van der Waals surface area contributed by atoms with Crippen LogP contribution in [0.5, 0.6) is 0 Å². The summed E-state index contributed by atoms with van der Waals surface area (Å²) in [7, 11) is 0. The van der Waals surface area contributed by atoms with Gasteiger partial charge >= 0.3 is 0 Å². The van der Waals surface area contributed by atoms with Gasteiger partial charge in [0.25, 0.3) is 0 Å². The van der Waals surface area contributed by atoms with Crippen LogP contribution >= 0.6 is 0 Å². The normalized spacial score (nSPS) is 24.2. The molecular formula is C15H21F2N. The molecule has 1 fully saturated rings. The molecule has 2 unspecified atom stereocenters. The molecule has 0 saturated heterocycles. The lowest BCUT2D eigenvalue weighted by molar-refractivity contribution is 0.354. The Bertz CT molecular complexity index is 429. The van der Waals surface area contributed by atoms with Crippen LogP contribution in [-0.2, 0) is 0 Å². The van der Waals surface area contributed by atoms with Crippen molar-refractivity contribution in [2.45, 2.75) is 52.1 Å². The van der Waals surface area contributed by atoms with E-state index in [1.807, 2.05) is 6.92 Å². The molecule has 0 bridgehead atoms. The minimum absolute atomic E-state index is 0.0792. The number of hydrogen-bond donors (Lipinski definition) is 1. The lowest BCUT2D eigenvalue weighted by Crippen LogP contribution is -2.30. The number of rotatable bonds is 3. The average Bonchev–Trinajstić information content (AvgIpc) is 2.57. The first-order valence-corrected chi connectivity index (χ1v) is 6.58. The van der Waals surface area contributed by atoms with Crippen molar-refractivity contribution >= 4 is 0 Å². The molecule has 100 valence electrons. The van der Waals surface area contributed by atoms with Gasteiger partial charge in [-0.3, -0.25) is 0 Å². The summed E-state index contributed by atoms with van der Waals surface area (Å²) in [4.78, 5) is 0. The van der Waals surface area contributed by atoms with Gasteiger partial charge in [-0.25, -0.2) is 8.78 Å². The predicted molar refractivity (Wildman–Crippen MR) is 69.3 cm³/mol. The zero-order valence-electron chi connectivity index (χ0n) is 11.3. The van der Waals surface area contributed by atoms with Crippen molar-refractivity contribution < 1.29 is 8.78 Å². The van der Waals surface area contributed by atoms with Crippen LogP contribution in [0.1, 0.15) is 51.6 Å². The Hall–Kier alpha value is -0.960. The monoisotopic (exact) mass is 253 g/mol. The SMILES string of the molecule is CC(NC1CCC(C)(C)C1)c1ccc(F)cc1F. The highest BCUT2D eigenvalue weighted by atomic mass is 19.1. The molecule has 0 aromatic heterocycles. The first kappa shape index (κ1) is 13.5. The van der Waals surface area contributed by atoms with E-state index < -0.39 is 11.6 Å². The Morgan fingerprint density at radius 3 is 2.61 bits per heavy atom. The van der Waals surface area contributed by atoms with Crippen molar-refractivity contribution in [1.82, 2.24) is 5.32 Å². The predicted octanol–water partition coefficient (Wildman–Crippen LogP) is 4.19. The Morgan fingerprint density at radius 2 is 2.06 bits per heavy atom. The molecule has 1 nitrogen and oxygen atoms in total. The van der Waals surface area contributed by atoms with Crippen molar-refractivity contribution in [1.29, 1.82) is 0 Å². The van der Waals surface area contributed by atoms with Crippen LogP contribution in [0.3, 0.4) is 0 Å². The average molecular weight is 253 g/mol. The van der Waals surface area contributed by atoms with E-state index in [2.05, 4.69) is 19.2 Å². The third-order valence-electron chi connectivity index (χ3n) is 3.88. The Labute approximate surface area is 108 Å². The maximum Gasteiger partial charge on any atom is 0.130 e. The zero-order valence-corrected chi connectivity index (χ0v) is 11.3. The summed E-state index contributed by atoms with van der Waals surface area (Å²) in [6.07, 6.45) is 3.43. The molecule has 0 heterocycles. The van der Waals surface area contributed by atoms with Crippen molar-refractivity contribution in [2.24, 2.45) is 5.41 Å². The molecule has 1 aliphatic rings. The molecule has 1 aromatic carbocycles. The number of halogens is 2. The topological polar surface area (TPSA) is 12.0 Å². The second-order valence-corrected chi connectivity index (χ2v) is 6.16. The maximum absolute atomic E-state index is 13.6. The summed E-state index contributed by atoms with van der Waals surface area (Å²) in [5.74, 6) is -0.988. The van der Waals surface area contributed by atoms with Gasteiger partial charge in [0.1, 0.15) is 11.6 Å². The number of hydrogen-bond acceptors (Lipinski definition) is 1. The lowest BCUT2D eigenvalue weighted by Gasteiger charge is -2.22. The van der Waals surface area contributed by atoms with Crippen LogP contribution in [0.2, 0.25) is 0 Å². The van der Waals surface area contributed by atoms with E-state index in [-0.39, 0.29) is 6.04 Å². The first-order valence-electron chi connectivity index (χ1n) is 6.58. The second kappa shape index (κ2) is 4.96. The summed E-state index contributed by atoms with van der Waals surface area (Å²) >= 11 is 0. The standard InChI is InChI=1S/C15H21F2N/c1-10(13-5-4-11(16)8-14(13)17)18-12-6-7-15(2,3)9-12/h4-5,8,10,12,18H,6-7,9H2,1-3H3. The van der Waals surface area contributed by atoms with Crippen LogP contribution in [0, 0.1) is 17.0 Å². The van der Waals surface area contributed by atoms with Gasteiger partial charge in [0, 0.05) is 23.7 Å². The molecule has 1 aromatic rings. The Balaban J connectivity index is 2.02. The third-order valence-corrected chi connectivity index (χ3v) is 3.88. The van der Waals surface area contributed by atoms with Gasteiger partial charge in [0.15, 0.2) is 0 Å². The molecule has 1 N–H and O–H groups in total. The van der Waals surface area contributed by atoms with Gasteiger partial charge in [0.2, 0.25) is 0 Å². The molecule has 0 radical (unpaired) electrons. The van der Waals surface area contributed by atoms with Gasteiger partial charge in [0.05, 0.1) is 0 Å². The number of benzene rings is 1. The molecule has 2 rings (SSSR count). The van der Waals surface area contributed by atoms with Gasteiger partial charge in [-0.05, 0) is 37.7 Å². The first-order chi connectivity index (χ1) is 8.37. The van der Waals surface area contributed by atoms with Crippen molar-refractivity contribution in [3.05, 3.63) is 35.4 Å². The fourth-order valence-electron chi connectivity index (χ4n) is 2.87. The van der Waals surface area contributed by atoms with Crippen LogP contribution in [0.15, 0.2) is 18.2 Å². The second-order valence-electron chi connectivity index (χ2n) is 6.16. The fourth-order valence-corrected chi connectivity index (χ4v) is 2.87. The van der Waals surface area contributed by atoms with Crippen LogP contribution in [0.4, 0.5) is 8.78 Å². The van der Waals surface area contributed by atoms with Crippen LogP contribution in [0.25, 0.3) is 0 Å². The third kappa shape index (κ3) is 3.08. The molecule has 1 saturated carbocycles. The number of nitrogens with one attached hydrogen (secondary N) is 1. The summed E-state index contributed by atoms with van der Waals surface area (Å²) in [5, 5.41) is 3.45. The minimum Gasteiger partial charge on any atom is -0.307 e. The molecular weight excluding hydrogens is 232 g/mol. The van der Waals surface area contributed by atoms with Crippen molar-refractivity contribution in [2.75, 3.05) is 0 Å². The van der Waals surface area contributed by atoms with Crippen molar-refractivity contribution in [3.63, 3.8) is 0 Å². The van der Waals surface area contributed by atoms with Crippen molar-refractivity contribution in [3.8, 4) is 0 Å². The van der Waals surface area contributed by atoms with Crippen LogP contribution < -0.4 is 5.32 Å². The van der Waals surface area contributed by atoms with Gasteiger partial charge in [-0.2, -0.15) is 0 Å². The molecule has 18 heavy (non-hydrogen) atoms. The quantitative estimate of drug-likeness (QED) is 0.851. The highest BCUT2D eigenvalue weighted by Crippen LogP contribution is 2.37. The Kier molecular flexibility index (Phi) is 3.71. The van der Waals surface area contributed by atoms with E-state index in [0.717, 1.165) is 18.9 Å². The summed E-state index contributed by atoms with van der Waals surface area (Å²) in [6.45, 7) is 6.46. The maximum atomic E-state index is 13.6. The summed E-state index contributed by atoms with van der Waals surface area (Å²) < 4.78 is 26.5. The molecule has 3 heteroatoms. The molecule has 0 amide bonds. The summed E-state index contributed by atoms with van der Waals surface area (Å²) in [6, 6.07) is 4.15. The highest BCUT2D eigenvalue weighted by molar-refractivity contribution is 5.21. The lowest BCUT2D eigenvalue weighted by atomic mass is 9.91. The fraction of sp³-hybridized carbons (Fsp3) is 0.600. The summed E-state index contributed by atoms with van der Waals surface area (Å²) in [5.41, 5.74) is 0.916. The smallest absolute Gasteiger partial charge is 0.130 e. The molecule has 0 spiro atoms. The van der Waals surface area contributed by atoms with E-state index in [1.54, 1.807) is 0 Å². The van der Waals surface area contributed by atoms with Crippen LogP contribution in [-0.4, -0.2) is 6.04 Å². The highest BCUT2D eigenvalue weighted by Gasteiger charge is 2.31. The zero-order chi connectivity index (χ0) is 13.3. The largest absolute Gasteiger partial charge is 0.307 e. The van der Waals surface area contributed by atoms with E-state index in [0.29, 0.717) is 17.0 Å². The molecule has 1 aliphatic carbocycles. The van der Waals surface area contributed by atoms with Gasteiger partial charge < -0.3 is 5.32 Å². The molecule has 0 aliphatic heterocycles. The minimum atomic E-state index is -0.523. The molecule has 2 atom stereocenters. The van der Waals surface area contributed by atoms with Gasteiger partial charge in [-0.15, -0.1) is 0 Å². The van der Waals surface area contributed by atoms with E-state index in [9.17, 15) is 8.78 Å². The Morgan fingerprint density at radius 1 is 1.33 bits per heavy atom.